The molecule has 3 nitrogen and oxygen atoms in total. The molecule has 3 heteroatoms. The number of nitrogens with zero attached hydrogens (tertiary/aromatic N) is 2. The summed E-state index contributed by atoms with van der Waals surface area (Å²) in [6.07, 6.45) is 4.76. The lowest BCUT2D eigenvalue weighted by molar-refractivity contribution is 0.218. The van der Waals surface area contributed by atoms with Gasteiger partial charge < -0.3 is 9.88 Å². The minimum absolute atomic E-state index is 0.681. The van der Waals surface area contributed by atoms with Crippen LogP contribution in [0.4, 0.5) is 5.95 Å². The number of hydrogen-bond donors (Lipinski definition) is 1. The lowest BCUT2D eigenvalue weighted by Crippen LogP contribution is -2.25. The van der Waals surface area contributed by atoms with Gasteiger partial charge in [0, 0.05) is 18.8 Å². The van der Waals surface area contributed by atoms with Gasteiger partial charge in [-0.2, -0.15) is 0 Å². The molecule has 0 spiro atoms. The molecule has 2 rings (SSSR count). The summed E-state index contributed by atoms with van der Waals surface area (Å²) < 4.78 is 2.30. The summed E-state index contributed by atoms with van der Waals surface area (Å²) in [6.45, 7) is 7.42. The molecule has 1 aromatic rings. The van der Waals surface area contributed by atoms with E-state index in [1.165, 1.54) is 12.8 Å². The van der Waals surface area contributed by atoms with E-state index in [1.807, 2.05) is 0 Å². The molecular formula is C11H19N3. The summed E-state index contributed by atoms with van der Waals surface area (Å²) >= 11 is 0. The molecule has 0 unspecified atom stereocenters. The van der Waals surface area contributed by atoms with Crippen molar-refractivity contribution in [2.24, 2.45) is 5.92 Å². The highest BCUT2D eigenvalue weighted by molar-refractivity contribution is 5.29. The van der Waals surface area contributed by atoms with Crippen LogP contribution >= 0.6 is 0 Å². The molecule has 14 heavy (non-hydrogen) atoms. The fraction of sp³-hybridized carbons (Fsp3) is 0.727. The molecule has 1 aromatic heterocycles. The fourth-order valence-corrected chi connectivity index (χ4v) is 2.17. The zero-order chi connectivity index (χ0) is 10.1. The summed E-state index contributed by atoms with van der Waals surface area (Å²) in [4.78, 5) is 4.48. The Kier molecular flexibility index (Phi) is 2.48. The molecule has 0 amide bonds. The molecule has 1 saturated carbocycles. The Morgan fingerprint density at radius 1 is 1.57 bits per heavy atom. The van der Waals surface area contributed by atoms with Crippen molar-refractivity contribution in [1.82, 2.24) is 9.55 Å². The van der Waals surface area contributed by atoms with Gasteiger partial charge in [-0.25, -0.2) is 4.98 Å². The molecule has 0 saturated heterocycles. The molecule has 0 bridgehead atoms. The third-order valence-electron chi connectivity index (χ3n) is 2.93. The molecule has 1 N–H and O–H groups in total. The van der Waals surface area contributed by atoms with Crippen LogP contribution < -0.4 is 5.32 Å². The van der Waals surface area contributed by atoms with Crippen molar-refractivity contribution < 1.29 is 0 Å². The molecular weight excluding hydrogens is 174 g/mol. The third-order valence-corrected chi connectivity index (χ3v) is 2.93. The first-order valence-corrected chi connectivity index (χ1v) is 5.50. The Balaban J connectivity index is 2.15. The van der Waals surface area contributed by atoms with Gasteiger partial charge in [-0.1, -0.05) is 6.92 Å². The van der Waals surface area contributed by atoms with E-state index >= 15 is 0 Å². The van der Waals surface area contributed by atoms with Crippen LogP contribution in [0.2, 0.25) is 0 Å². The normalized spacial score (nSPS) is 25.9. The first-order chi connectivity index (χ1) is 6.70. The Labute approximate surface area is 85.5 Å². The van der Waals surface area contributed by atoms with Gasteiger partial charge in [-0.15, -0.1) is 0 Å². The van der Waals surface area contributed by atoms with Gasteiger partial charge in [0.05, 0.1) is 5.69 Å². The summed E-state index contributed by atoms with van der Waals surface area (Å²) in [6, 6.07) is 0.681. The number of rotatable bonds is 3. The van der Waals surface area contributed by atoms with Gasteiger partial charge in [0.1, 0.15) is 0 Å². The molecule has 0 aliphatic heterocycles. The van der Waals surface area contributed by atoms with Crippen LogP contribution in [0, 0.1) is 12.8 Å². The molecule has 1 fully saturated rings. The minimum Gasteiger partial charge on any atom is -0.356 e. The van der Waals surface area contributed by atoms with Crippen molar-refractivity contribution >= 4 is 5.95 Å². The molecule has 1 aliphatic rings. The van der Waals surface area contributed by atoms with Crippen molar-refractivity contribution in [3.05, 3.63) is 11.9 Å². The molecule has 1 heterocycles. The Hall–Kier alpha value is -0.990. The van der Waals surface area contributed by atoms with E-state index in [2.05, 4.69) is 41.8 Å². The van der Waals surface area contributed by atoms with Crippen molar-refractivity contribution in [2.45, 2.75) is 39.7 Å². The average molecular weight is 193 g/mol. The van der Waals surface area contributed by atoms with E-state index in [-0.39, 0.29) is 0 Å². The number of aryl methyl sites for hydroxylation is 1. The van der Waals surface area contributed by atoms with Crippen LogP contribution in [0.3, 0.4) is 0 Å². The van der Waals surface area contributed by atoms with Gasteiger partial charge in [0.25, 0.3) is 0 Å². The Morgan fingerprint density at radius 2 is 2.29 bits per heavy atom. The topological polar surface area (TPSA) is 29.9 Å². The molecule has 1 aliphatic carbocycles. The highest BCUT2D eigenvalue weighted by Gasteiger charge is 2.28. The quantitative estimate of drug-likeness (QED) is 0.799. The number of nitrogens with one attached hydrogen (secondary N) is 1. The van der Waals surface area contributed by atoms with E-state index in [0.29, 0.717) is 6.04 Å². The zero-order valence-electron chi connectivity index (χ0n) is 9.25. The van der Waals surface area contributed by atoms with E-state index < -0.39 is 0 Å². The van der Waals surface area contributed by atoms with Crippen LogP contribution in [0.15, 0.2) is 6.20 Å². The fourth-order valence-electron chi connectivity index (χ4n) is 2.17. The van der Waals surface area contributed by atoms with Gasteiger partial charge in [0.15, 0.2) is 0 Å². The van der Waals surface area contributed by atoms with Crippen LogP contribution in [-0.4, -0.2) is 16.1 Å². The van der Waals surface area contributed by atoms with Gasteiger partial charge in [-0.3, -0.25) is 0 Å². The lowest BCUT2D eigenvalue weighted by Gasteiger charge is -2.34. The highest BCUT2D eigenvalue weighted by atomic mass is 15.2. The third kappa shape index (κ3) is 1.63. The molecule has 0 aromatic carbocycles. The van der Waals surface area contributed by atoms with Crippen LogP contribution in [0.25, 0.3) is 0 Å². The van der Waals surface area contributed by atoms with E-state index in [1.54, 1.807) is 0 Å². The SMILES string of the molecule is CCNc1nc(C)cn1C1CC(C)C1. The lowest BCUT2D eigenvalue weighted by atomic mass is 9.82. The highest BCUT2D eigenvalue weighted by Crippen LogP contribution is 2.38. The van der Waals surface area contributed by atoms with Gasteiger partial charge in [-0.05, 0) is 32.6 Å². The van der Waals surface area contributed by atoms with Crippen LogP contribution in [0.5, 0.6) is 0 Å². The Morgan fingerprint density at radius 3 is 2.86 bits per heavy atom. The maximum Gasteiger partial charge on any atom is 0.203 e. The van der Waals surface area contributed by atoms with Gasteiger partial charge in [0.2, 0.25) is 5.95 Å². The second kappa shape index (κ2) is 3.64. The largest absolute Gasteiger partial charge is 0.356 e. The first kappa shape index (κ1) is 9.56. The van der Waals surface area contributed by atoms with Gasteiger partial charge >= 0.3 is 0 Å². The van der Waals surface area contributed by atoms with E-state index in [9.17, 15) is 0 Å². The maximum atomic E-state index is 4.48. The van der Waals surface area contributed by atoms with Crippen LogP contribution in [0.1, 0.15) is 38.4 Å². The van der Waals surface area contributed by atoms with E-state index in [4.69, 9.17) is 0 Å². The number of hydrogen-bond acceptors (Lipinski definition) is 2. The second-order valence-electron chi connectivity index (χ2n) is 4.37. The van der Waals surface area contributed by atoms with E-state index in [0.717, 1.165) is 24.1 Å². The second-order valence-corrected chi connectivity index (χ2v) is 4.37. The predicted molar refractivity (Wildman–Crippen MR) is 58.6 cm³/mol. The monoisotopic (exact) mass is 193 g/mol. The Bertz CT molecular complexity index is 310. The average Bonchev–Trinajstić information content (AvgIpc) is 2.42. The minimum atomic E-state index is 0.681. The van der Waals surface area contributed by atoms with Crippen molar-refractivity contribution in [1.29, 1.82) is 0 Å². The standard InChI is InChI=1S/C11H19N3/c1-4-12-11-13-9(3)7-14(11)10-5-8(2)6-10/h7-8,10H,4-6H2,1-3H3,(H,12,13). The van der Waals surface area contributed by atoms with Crippen molar-refractivity contribution in [3.8, 4) is 0 Å². The summed E-state index contributed by atoms with van der Waals surface area (Å²) in [5.41, 5.74) is 1.11. The summed E-state index contributed by atoms with van der Waals surface area (Å²) in [5, 5.41) is 3.31. The van der Waals surface area contributed by atoms with Crippen LogP contribution in [-0.2, 0) is 0 Å². The summed E-state index contributed by atoms with van der Waals surface area (Å²) in [5.74, 6) is 1.93. The first-order valence-electron chi connectivity index (χ1n) is 5.50. The molecule has 0 radical (unpaired) electrons. The smallest absolute Gasteiger partial charge is 0.203 e. The van der Waals surface area contributed by atoms with Crippen molar-refractivity contribution in [3.63, 3.8) is 0 Å². The number of anilines is 1. The molecule has 78 valence electrons. The maximum absolute atomic E-state index is 4.48. The number of aromatic nitrogens is 2. The molecule has 0 atom stereocenters. The van der Waals surface area contributed by atoms with Crippen molar-refractivity contribution in [2.75, 3.05) is 11.9 Å². The zero-order valence-corrected chi connectivity index (χ0v) is 9.25. The summed E-state index contributed by atoms with van der Waals surface area (Å²) in [7, 11) is 0. The predicted octanol–water partition coefficient (Wildman–Crippen LogP) is 2.59. The number of imidazole rings is 1.